The maximum absolute atomic E-state index is 11.8. The molecule has 0 aromatic carbocycles. The number of sulfonamides is 1. The van der Waals surface area contributed by atoms with E-state index in [-0.39, 0.29) is 11.7 Å². The summed E-state index contributed by atoms with van der Waals surface area (Å²) in [6.45, 7) is 4.12. The highest BCUT2D eigenvalue weighted by Crippen LogP contribution is 2.13. The summed E-state index contributed by atoms with van der Waals surface area (Å²) in [5.41, 5.74) is 0. The lowest BCUT2D eigenvalue weighted by molar-refractivity contribution is 0.122. The minimum Gasteiger partial charge on any atom is -0.379 e. The highest BCUT2D eigenvalue weighted by Gasteiger charge is 2.20. The van der Waals surface area contributed by atoms with Crippen molar-refractivity contribution in [2.75, 3.05) is 59.2 Å². The molecule has 2 N–H and O–H groups in total. The van der Waals surface area contributed by atoms with Gasteiger partial charge in [-0.2, -0.15) is 0 Å². The summed E-state index contributed by atoms with van der Waals surface area (Å²) in [5, 5.41) is 3.24. The predicted molar refractivity (Wildman–Crippen MR) is 76.8 cm³/mol. The Kier molecular flexibility index (Phi) is 7.86. The molecule has 0 aliphatic carbocycles. The lowest BCUT2D eigenvalue weighted by atomic mass is 10.0. The van der Waals surface area contributed by atoms with E-state index >= 15 is 0 Å². The van der Waals surface area contributed by atoms with Gasteiger partial charge in [0.2, 0.25) is 10.0 Å². The molecule has 0 saturated carbocycles. The summed E-state index contributed by atoms with van der Waals surface area (Å²) in [7, 11) is 0.802. The molecular formula is C12H27N3O3S. The Hall–Kier alpha value is -0.210. The molecule has 0 aromatic rings. The Balaban J connectivity index is 2.09. The van der Waals surface area contributed by atoms with Crippen LogP contribution >= 0.6 is 0 Å². The molecule has 1 saturated heterocycles. The molecular weight excluding hydrogens is 266 g/mol. The first-order valence-corrected chi connectivity index (χ1v) is 8.55. The van der Waals surface area contributed by atoms with E-state index in [1.807, 2.05) is 19.0 Å². The molecule has 0 atom stereocenters. The Bertz CT molecular complexity index is 327. The monoisotopic (exact) mass is 293 g/mol. The van der Waals surface area contributed by atoms with Gasteiger partial charge in [0.1, 0.15) is 0 Å². The fourth-order valence-corrected chi connectivity index (χ4v) is 3.50. The van der Waals surface area contributed by atoms with Crippen LogP contribution in [0, 0.1) is 5.92 Å². The van der Waals surface area contributed by atoms with Crippen LogP contribution in [0.2, 0.25) is 0 Å². The molecule has 7 heteroatoms. The van der Waals surface area contributed by atoms with E-state index in [0.29, 0.717) is 19.8 Å². The summed E-state index contributed by atoms with van der Waals surface area (Å²) in [5.74, 6) is 0.528. The summed E-state index contributed by atoms with van der Waals surface area (Å²) in [6.07, 6.45) is 1.89. The van der Waals surface area contributed by atoms with E-state index in [0.717, 1.165) is 32.5 Å². The van der Waals surface area contributed by atoms with Crippen molar-refractivity contribution in [3.63, 3.8) is 0 Å². The average molecular weight is 293 g/mol. The Morgan fingerprint density at radius 3 is 2.58 bits per heavy atom. The smallest absolute Gasteiger partial charge is 0.211 e. The van der Waals surface area contributed by atoms with Crippen molar-refractivity contribution in [3.8, 4) is 0 Å². The van der Waals surface area contributed by atoms with Gasteiger partial charge < -0.3 is 15.0 Å². The molecule has 1 aliphatic rings. The van der Waals surface area contributed by atoms with E-state index in [1.165, 1.54) is 0 Å². The van der Waals surface area contributed by atoms with E-state index in [1.54, 1.807) is 0 Å². The lowest BCUT2D eigenvalue weighted by Crippen LogP contribution is -2.36. The van der Waals surface area contributed by atoms with Gasteiger partial charge in [-0.3, -0.25) is 0 Å². The second kappa shape index (κ2) is 8.86. The molecule has 1 fully saturated rings. The van der Waals surface area contributed by atoms with Gasteiger partial charge in [-0.25, -0.2) is 13.1 Å². The summed E-state index contributed by atoms with van der Waals surface area (Å²) >= 11 is 0. The van der Waals surface area contributed by atoms with Crippen molar-refractivity contribution in [1.82, 2.24) is 14.9 Å². The van der Waals surface area contributed by atoms with Crippen LogP contribution in [-0.4, -0.2) is 72.6 Å². The number of piperidine rings is 1. The summed E-state index contributed by atoms with van der Waals surface area (Å²) < 4.78 is 31.6. The molecule has 1 rings (SSSR count). The maximum Gasteiger partial charge on any atom is 0.211 e. The Morgan fingerprint density at radius 1 is 1.26 bits per heavy atom. The van der Waals surface area contributed by atoms with Gasteiger partial charge in [0.15, 0.2) is 0 Å². The minimum atomic E-state index is -3.15. The third-order valence-electron chi connectivity index (χ3n) is 3.17. The summed E-state index contributed by atoms with van der Waals surface area (Å²) in [4.78, 5) is 2.03. The zero-order valence-electron chi connectivity index (χ0n) is 12.0. The topological polar surface area (TPSA) is 70.7 Å². The molecule has 1 aliphatic heterocycles. The SMILES string of the molecule is CN(C)CCOCCNS(=O)(=O)CC1CCNCC1. The van der Waals surface area contributed by atoms with Crippen LogP contribution in [0.3, 0.4) is 0 Å². The maximum atomic E-state index is 11.8. The van der Waals surface area contributed by atoms with E-state index in [4.69, 9.17) is 4.74 Å². The number of rotatable bonds is 9. The predicted octanol–water partition coefficient (Wildman–Crippen LogP) is -0.516. The van der Waals surface area contributed by atoms with Gasteiger partial charge in [0.25, 0.3) is 0 Å². The largest absolute Gasteiger partial charge is 0.379 e. The fourth-order valence-electron chi connectivity index (χ4n) is 2.04. The molecule has 114 valence electrons. The van der Waals surface area contributed by atoms with Crippen LogP contribution < -0.4 is 10.0 Å². The van der Waals surface area contributed by atoms with Crippen LogP contribution in [0.15, 0.2) is 0 Å². The van der Waals surface area contributed by atoms with Crippen molar-refractivity contribution in [1.29, 1.82) is 0 Å². The number of likely N-dealkylation sites (N-methyl/N-ethyl adjacent to an activating group) is 1. The van der Waals surface area contributed by atoms with Gasteiger partial charge in [0, 0.05) is 13.1 Å². The molecule has 0 amide bonds. The first kappa shape index (κ1) is 16.8. The van der Waals surface area contributed by atoms with Crippen molar-refractivity contribution in [2.45, 2.75) is 12.8 Å². The van der Waals surface area contributed by atoms with E-state index in [2.05, 4.69) is 10.0 Å². The molecule has 19 heavy (non-hydrogen) atoms. The van der Waals surface area contributed by atoms with Crippen molar-refractivity contribution < 1.29 is 13.2 Å². The first-order chi connectivity index (χ1) is 8.99. The van der Waals surface area contributed by atoms with Gasteiger partial charge in [0.05, 0.1) is 19.0 Å². The number of hydrogen-bond acceptors (Lipinski definition) is 5. The normalized spacial score (nSPS) is 18.1. The van der Waals surface area contributed by atoms with Gasteiger partial charge in [-0.05, 0) is 45.9 Å². The number of ether oxygens (including phenoxy) is 1. The molecule has 0 spiro atoms. The molecule has 1 heterocycles. The Morgan fingerprint density at radius 2 is 1.95 bits per heavy atom. The molecule has 0 bridgehead atoms. The van der Waals surface area contributed by atoms with Crippen molar-refractivity contribution in [2.24, 2.45) is 5.92 Å². The molecule has 6 nitrogen and oxygen atoms in total. The molecule has 0 aromatic heterocycles. The van der Waals surface area contributed by atoms with Crippen molar-refractivity contribution >= 4 is 10.0 Å². The standard InChI is InChI=1S/C12H27N3O3S/c1-15(2)8-10-18-9-7-14-19(16,17)11-12-3-5-13-6-4-12/h12-14H,3-11H2,1-2H3. The van der Waals surface area contributed by atoms with Gasteiger partial charge in [-0.1, -0.05) is 0 Å². The average Bonchev–Trinajstić information content (AvgIpc) is 2.34. The first-order valence-electron chi connectivity index (χ1n) is 6.90. The highest BCUT2D eigenvalue weighted by atomic mass is 32.2. The third kappa shape index (κ3) is 8.54. The number of nitrogens with one attached hydrogen (secondary N) is 2. The second-order valence-electron chi connectivity index (χ2n) is 5.28. The zero-order chi connectivity index (χ0) is 14.1. The zero-order valence-corrected chi connectivity index (χ0v) is 12.8. The minimum absolute atomic E-state index is 0.242. The number of nitrogens with zero attached hydrogens (tertiary/aromatic N) is 1. The van der Waals surface area contributed by atoms with E-state index < -0.39 is 10.0 Å². The molecule has 0 unspecified atom stereocenters. The van der Waals surface area contributed by atoms with Gasteiger partial charge in [-0.15, -0.1) is 0 Å². The third-order valence-corrected chi connectivity index (χ3v) is 4.72. The quantitative estimate of drug-likeness (QED) is 0.560. The Labute approximate surface area is 116 Å². The second-order valence-corrected chi connectivity index (χ2v) is 7.14. The lowest BCUT2D eigenvalue weighted by Gasteiger charge is -2.22. The highest BCUT2D eigenvalue weighted by molar-refractivity contribution is 7.89. The van der Waals surface area contributed by atoms with Crippen LogP contribution in [0.1, 0.15) is 12.8 Å². The van der Waals surface area contributed by atoms with Crippen LogP contribution in [-0.2, 0) is 14.8 Å². The fraction of sp³-hybridized carbons (Fsp3) is 1.00. The van der Waals surface area contributed by atoms with Crippen LogP contribution in [0.4, 0.5) is 0 Å². The van der Waals surface area contributed by atoms with Crippen LogP contribution in [0.5, 0.6) is 0 Å². The van der Waals surface area contributed by atoms with Crippen molar-refractivity contribution in [3.05, 3.63) is 0 Å². The summed E-state index contributed by atoms with van der Waals surface area (Å²) in [6, 6.07) is 0. The van der Waals surface area contributed by atoms with Crippen LogP contribution in [0.25, 0.3) is 0 Å². The van der Waals surface area contributed by atoms with Gasteiger partial charge >= 0.3 is 0 Å². The number of hydrogen-bond donors (Lipinski definition) is 2. The molecule has 0 radical (unpaired) electrons. The van der Waals surface area contributed by atoms with E-state index in [9.17, 15) is 8.42 Å².